The molecular formula is C59H79N13O10. The summed E-state index contributed by atoms with van der Waals surface area (Å²) in [6.45, 7) is 11.0. The maximum Gasteiger partial charge on any atom is 0.407 e. The number of benzene rings is 2. The summed E-state index contributed by atoms with van der Waals surface area (Å²) < 4.78 is 5.36. The van der Waals surface area contributed by atoms with Gasteiger partial charge in [-0.25, -0.2) is 14.8 Å². The van der Waals surface area contributed by atoms with E-state index in [-0.39, 0.29) is 92.8 Å². The zero-order valence-corrected chi connectivity index (χ0v) is 47.4. The van der Waals surface area contributed by atoms with Gasteiger partial charge in [0.25, 0.3) is 17.7 Å². The number of nitrogens with two attached hydrogens (primary N) is 2. The molecule has 0 radical (unpaired) electrons. The number of aromatic nitrogens is 1. The molecule has 1 aromatic heterocycles. The minimum atomic E-state index is -0.944. The van der Waals surface area contributed by atoms with Gasteiger partial charge in [-0.15, -0.1) is 0 Å². The molecule has 2 atom stereocenters. The van der Waals surface area contributed by atoms with Gasteiger partial charge in [0.1, 0.15) is 30.3 Å². The molecule has 3 aromatic rings. The second-order valence-corrected chi connectivity index (χ2v) is 20.9. The van der Waals surface area contributed by atoms with Crippen molar-refractivity contribution < 1.29 is 47.9 Å². The lowest BCUT2D eigenvalue weighted by atomic mass is 9.96. The van der Waals surface area contributed by atoms with Crippen LogP contribution in [0.4, 0.5) is 27.7 Å². The predicted molar refractivity (Wildman–Crippen MR) is 312 cm³/mol. The highest BCUT2D eigenvalue weighted by molar-refractivity contribution is 6.13. The highest BCUT2D eigenvalue weighted by Gasteiger charge is 2.30. The molecule has 3 aliphatic heterocycles. The Bertz CT molecular complexity index is 2820. The molecule has 0 bridgehead atoms. The number of piperidine rings is 1. The van der Waals surface area contributed by atoms with Crippen molar-refractivity contribution in [1.29, 1.82) is 0 Å². The van der Waals surface area contributed by atoms with Crippen LogP contribution in [0.3, 0.4) is 0 Å². The van der Waals surface area contributed by atoms with Gasteiger partial charge < -0.3 is 57.9 Å². The largest absolute Gasteiger partial charge is 0.445 e. The Morgan fingerprint density at radius 3 is 2.16 bits per heavy atom. The van der Waals surface area contributed by atoms with Gasteiger partial charge in [-0.05, 0) is 112 Å². The van der Waals surface area contributed by atoms with Gasteiger partial charge in [-0.2, -0.15) is 0 Å². The SMILES string of the molecule is CCCN(CCC)C(=O)C1=Cc2ccc(C(=O)Nc3ccc(N4CCC(C(=O)NCCNC(=O)OCc5ccc(NC(=O)[C@H](CCCN)NC(=O)C(NC(=O)CCCCCN6C(=O)C=CC6=O)C(C)C)cc5)CC4)nc3)cc2N=C(N)C1. The Morgan fingerprint density at radius 1 is 0.805 bits per heavy atom. The van der Waals surface area contributed by atoms with E-state index in [1.807, 2.05) is 30.9 Å². The van der Waals surface area contributed by atoms with Crippen LogP contribution in [0.2, 0.25) is 0 Å². The lowest BCUT2D eigenvalue weighted by Gasteiger charge is -2.32. The number of fused-ring (bicyclic) bond motifs is 1. The fourth-order valence-corrected chi connectivity index (χ4v) is 9.57. The number of hydrogen-bond acceptors (Lipinski definition) is 15. The van der Waals surface area contributed by atoms with Crippen LogP contribution < -0.4 is 48.3 Å². The minimum Gasteiger partial charge on any atom is -0.445 e. The highest BCUT2D eigenvalue weighted by Crippen LogP contribution is 2.30. The molecule has 6 rings (SSSR count). The van der Waals surface area contributed by atoms with Crippen molar-refractivity contribution in [2.75, 3.05) is 67.9 Å². The summed E-state index contributed by atoms with van der Waals surface area (Å²) in [6.07, 6.45) is 10.8. The number of carbonyl (C=O) groups is 9. The molecule has 4 heterocycles. The zero-order chi connectivity index (χ0) is 59.1. The van der Waals surface area contributed by atoms with E-state index in [1.165, 1.54) is 12.2 Å². The van der Waals surface area contributed by atoms with E-state index < -0.39 is 30.0 Å². The number of ether oxygens (including phenoxy) is 1. The van der Waals surface area contributed by atoms with Gasteiger partial charge in [0.2, 0.25) is 29.5 Å². The molecule has 1 unspecified atom stereocenters. The lowest BCUT2D eigenvalue weighted by Crippen LogP contribution is -2.54. The molecule has 10 N–H and O–H groups in total. The minimum absolute atomic E-state index is 0.0588. The summed E-state index contributed by atoms with van der Waals surface area (Å²) in [7, 11) is 0. The Hall–Kier alpha value is -8.47. The summed E-state index contributed by atoms with van der Waals surface area (Å²) in [5.41, 5.74) is 15.7. The van der Waals surface area contributed by atoms with Crippen LogP contribution in [0.15, 0.2) is 83.5 Å². The Kier molecular flexibility index (Phi) is 24.1. The third-order valence-electron chi connectivity index (χ3n) is 14.1. The van der Waals surface area contributed by atoms with Crippen molar-refractivity contribution in [2.24, 2.45) is 28.3 Å². The Labute approximate surface area is 478 Å². The molecule has 0 spiro atoms. The summed E-state index contributed by atoms with van der Waals surface area (Å²) in [5, 5.41) is 16.8. The fraction of sp³-hybridized carbons (Fsp3) is 0.475. The summed E-state index contributed by atoms with van der Waals surface area (Å²) >= 11 is 0. The van der Waals surface area contributed by atoms with Crippen molar-refractivity contribution in [1.82, 2.24) is 36.1 Å². The van der Waals surface area contributed by atoms with Crippen molar-refractivity contribution in [2.45, 2.75) is 117 Å². The lowest BCUT2D eigenvalue weighted by molar-refractivity contribution is -0.137. The van der Waals surface area contributed by atoms with Gasteiger partial charge in [0.05, 0.1) is 17.6 Å². The second-order valence-electron chi connectivity index (χ2n) is 20.9. The molecule has 1 fully saturated rings. The number of aliphatic imine (C=N–C) groups is 1. The monoisotopic (exact) mass is 1130 g/mol. The van der Waals surface area contributed by atoms with Gasteiger partial charge in [-0.1, -0.05) is 52.3 Å². The van der Waals surface area contributed by atoms with Gasteiger partial charge >= 0.3 is 6.09 Å². The van der Waals surface area contributed by atoms with Crippen LogP contribution in [0, 0.1) is 11.8 Å². The topological polar surface area (TPSA) is 322 Å². The van der Waals surface area contributed by atoms with Crippen LogP contribution in [0.25, 0.3) is 6.08 Å². The van der Waals surface area contributed by atoms with E-state index in [4.69, 9.17) is 16.2 Å². The molecule has 82 heavy (non-hydrogen) atoms. The number of nitrogens with zero attached hydrogens (tertiary/aromatic N) is 5. The summed E-state index contributed by atoms with van der Waals surface area (Å²) in [6, 6.07) is 13.5. The van der Waals surface area contributed by atoms with Crippen molar-refractivity contribution in [3.05, 3.63) is 95.2 Å². The highest BCUT2D eigenvalue weighted by atomic mass is 16.5. The number of unbranched alkanes of at least 4 members (excludes halogenated alkanes) is 2. The Balaban J connectivity index is 0.857. The number of pyridine rings is 1. The molecule has 1 saturated heterocycles. The maximum atomic E-state index is 13.5. The third kappa shape index (κ3) is 18.8. The van der Waals surface area contributed by atoms with Crippen LogP contribution in [-0.4, -0.2) is 138 Å². The second kappa shape index (κ2) is 31.5. The first-order valence-corrected chi connectivity index (χ1v) is 28.4. The van der Waals surface area contributed by atoms with E-state index in [9.17, 15) is 43.2 Å². The number of amidine groups is 1. The number of hydrogen-bond donors (Lipinski definition) is 8. The van der Waals surface area contributed by atoms with E-state index in [0.29, 0.717) is 122 Å². The van der Waals surface area contributed by atoms with Gasteiger partial charge in [-0.3, -0.25) is 43.3 Å². The molecule has 23 heteroatoms. The molecule has 23 nitrogen and oxygen atoms in total. The number of rotatable bonds is 29. The number of alkyl carbamates (subject to hydrolysis) is 1. The average Bonchev–Trinajstić information content (AvgIpc) is 3.88. The number of imide groups is 1. The maximum absolute atomic E-state index is 13.5. The number of carbonyl (C=O) groups excluding carboxylic acids is 9. The first-order chi connectivity index (χ1) is 39.5. The van der Waals surface area contributed by atoms with Crippen molar-refractivity contribution in [3.63, 3.8) is 0 Å². The van der Waals surface area contributed by atoms with E-state index in [2.05, 4.69) is 46.8 Å². The first kappa shape index (κ1) is 62.7. The summed E-state index contributed by atoms with van der Waals surface area (Å²) in [5.74, 6) is -2.04. The number of anilines is 3. The first-order valence-electron chi connectivity index (χ1n) is 28.4. The van der Waals surface area contributed by atoms with E-state index in [1.54, 1.807) is 68.6 Å². The van der Waals surface area contributed by atoms with E-state index >= 15 is 0 Å². The molecular weight excluding hydrogens is 1050 g/mol. The van der Waals surface area contributed by atoms with Crippen molar-refractivity contribution in [3.8, 4) is 0 Å². The quantitative estimate of drug-likeness (QED) is 0.0342. The fourth-order valence-electron chi connectivity index (χ4n) is 9.57. The molecule has 0 saturated carbocycles. The number of nitrogens with one attached hydrogen (secondary N) is 6. The number of amides is 9. The molecule has 9 amide bonds. The average molecular weight is 1130 g/mol. The molecule has 2 aromatic carbocycles. The standard InChI is InChI=1S/C59H79N13O10/c1-5-28-71(29-6-2)58(80)43-33-41-15-16-42(34-47(41)67-48(61)35-43)55(77)66-45-19-20-49(64-36-45)70-31-23-40(24-32-70)54(76)62-26-27-63-59(81)82-37-39-13-17-44(18-14-39)65-56(78)46(11-10-25-60)68-57(79)53(38(3)4)69-50(73)12-8-7-9-30-72-51(74)21-22-52(72)75/h13-22,33-34,36,38,40,46,53H,5-12,23-32,35,37,60H2,1-4H3,(H2,61,67)(H,62,76)(H,63,81)(H,65,78)(H,66,77)(H,68,79)(H,69,73)/t46-,53?/m0/s1. The molecule has 3 aliphatic rings. The predicted octanol–water partition coefficient (Wildman–Crippen LogP) is 4.81. The van der Waals surface area contributed by atoms with Gasteiger partial charge in [0, 0.05) is 99.1 Å². The smallest absolute Gasteiger partial charge is 0.407 e. The zero-order valence-electron chi connectivity index (χ0n) is 47.4. The van der Waals surface area contributed by atoms with Gasteiger partial charge in [0.15, 0.2) is 0 Å². The van der Waals surface area contributed by atoms with Crippen LogP contribution in [-0.2, 0) is 44.9 Å². The Morgan fingerprint density at radius 2 is 1.50 bits per heavy atom. The molecule has 0 aliphatic carbocycles. The molecule has 440 valence electrons. The normalized spacial score (nSPS) is 14.9. The van der Waals surface area contributed by atoms with E-state index in [0.717, 1.165) is 17.7 Å². The van der Waals surface area contributed by atoms with Crippen molar-refractivity contribution >= 4 is 88.1 Å². The summed E-state index contributed by atoms with van der Waals surface area (Å²) in [4.78, 5) is 130. The van der Waals surface area contributed by atoms with Crippen LogP contribution >= 0.6 is 0 Å². The van der Waals surface area contributed by atoms with Crippen LogP contribution in [0.1, 0.15) is 120 Å². The van der Waals surface area contributed by atoms with Crippen LogP contribution in [0.5, 0.6) is 0 Å². The third-order valence-corrected chi connectivity index (χ3v) is 14.1.